The van der Waals surface area contributed by atoms with Crippen LogP contribution in [0.2, 0.25) is 0 Å². The van der Waals surface area contributed by atoms with Gasteiger partial charge in [0.25, 0.3) is 11.6 Å². The molecule has 0 unspecified atom stereocenters. The van der Waals surface area contributed by atoms with Crippen molar-refractivity contribution in [1.29, 1.82) is 0 Å². The molecular weight excluding hydrogens is 208 g/mol. The summed E-state index contributed by atoms with van der Waals surface area (Å²) < 4.78 is 0. The van der Waals surface area contributed by atoms with Gasteiger partial charge < -0.3 is 0 Å². The summed E-state index contributed by atoms with van der Waals surface area (Å²) >= 11 is 0. The molecule has 0 aromatic carbocycles. The second-order valence-corrected chi connectivity index (χ2v) is 2.84. The molecule has 0 amide bonds. The Kier molecular flexibility index (Phi) is 2.73. The summed E-state index contributed by atoms with van der Waals surface area (Å²) in [6.45, 7) is 0. The first-order chi connectivity index (χ1) is 7.79. The minimum absolute atomic E-state index is 0.00171. The molecule has 78 valence electrons. The molecule has 2 heterocycles. The Balaban J connectivity index is 2.28. The standard InChI is InChI=1S/C10H6N4O2/c15-9(7-5-11-1-3-13-7)10(16)8-6-12-2-4-14-8/h1-6H. The maximum Gasteiger partial charge on any atom is 0.255 e. The lowest BCUT2D eigenvalue weighted by Gasteiger charge is -1.97. The summed E-state index contributed by atoms with van der Waals surface area (Å²) in [6.07, 6.45) is 7.99. The zero-order valence-electron chi connectivity index (χ0n) is 8.07. The molecule has 2 aromatic heterocycles. The van der Waals surface area contributed by atoms with Crippen molar-refractivity contribution in [3.63, 3.8) is 0 Å². The molecule has 0 aliphatic carbocycles. The van der Waals surface area contributed by atoms with Crippen LogP contribution in [0.25, 0.3) is 0 Å². The SMILES string of the molecule is O=C(C(=O)c1cnccn1)c1cnccn1. The maximum atomic E-state index is 11.6. The molecule has 2 rings (SSSR count). The summed E-state index contributed by atoms with van der Waals surface area (Å²) in [5, 5.41) is 0. The van der Waals surface area contributed by atoms with Crippen molar-refractivity contribution in [3.05, 3.63) is 48.6 Å². The van der Waals surface area contributed by atoms with Gasteiger partial charge in [-0.05, 0) is 0 Å². The van der Waals surface area contributed by atoms with Crippen molar-refractivity contribution in [2.45, 2.75) is 0 Å². The third-order valence-electron chi connectivity index (χ3n) is 1.80. The van der Waals surface area contributed by atoms with E-state index in [1.807, 2.05) is 0 Å². The van der Waals surface area contributed by atoms with Crippen LogP contribution < -0.4 is 0 Å². The largest absolute Gasteiger partial charge is 0.283 e. The van der Waals surface area contributed by atoms with E-state index in [1.54, 1.807) is 0 Å². The maximum absolute atomic E-state index is 11.6. The van der Waals surface area contributed by atoms with E-state index in [2.05, 4.69) is 19.9 Å². The van der Waals surface area contributed by atoms with Crippen molar-refractivity contribution in [3.8, 4) is 0 Å². The number of carbonyl (C=O) groups excluding carboxylic acids is 2. The molecule has 0 N–H and O–H groups in total. The molecule has 6 heteroatoms. The van der Waals surface area contributed by atoms with Crippen LogP contribution in [0.5, 0.6) is 0 Å². The smallest absolute Gasteiger partial charge is 0.255 e. The van der Waals surface area contributed by atoms with Crippen LogP contribution in [-0.4, -0.2) is 31.5 Å². The lowest BCUT2D eigenvalue weighted by Crippen LogP contribution is -2.17. The van der Waals surface area contributed by atoms with Crippen LogP contribution in [0.1, 0.15) is 21.0 Å². The number of nitrogens with zero attached hydrogens (tertiary/aromatic N) is 4. The van der Waals surface area contributed by atoms with E-state index in [0.29, 0.717) is 0 Å². The van der Waals surface area contributed by atoms with Gasteiger partial charge in [-0.25, -0.2) is 9.97 Å². The number of carbonyl (C=O) groups is 2. The number of hydrogen-bond donors (Lipinski definition) is 0. The molecule has 0 spiro atoms. The van der Waals surface area contributed by atoms with Crippen molar-refractivity contribution in [2.75, 3.05) is 0 Å². The third kappa shape index (κ3) is 1.95. The number of ketones is 2. The van der Waals surface area contributed by atoms with Gasteiger partial charge in [0.1, 0.15) is 11.4 Å². The molecule has 0 fully saturated rings. The van der Waals surface area contributed by atoms with Gasteiger partial charge in [-0.1, -0.05) is 0 Å². The van der Waals surface area contributed by atoms with E-state index in [1.165, 1.54) is 37.2 Å². The molecule has 0 saturated carbocycles. The zero-order valence-corrected chi connectivity index (χ0v) is 8.07. The number of rotatable bonds is 3. The predicted molar refractivity (Wildman–Crippen MR) is 52.7 cm³/mol. The molecule has 2 aromatic rings. The Morgan fingerprint density at radius 3 is 1.50 bits per heavy atom. The van der Waals surface area contributed by atoms with Crippen LogP contribution in [0, 0.1) is 0 Å². The summed E-state index contributed by atoms with van der Waals surface area (Å²) in [7, 11) is 0. The third-order valence-corrected chi connectivity index (χ3v) is 1.80. The average Bonchev–Trinajstić information content (AvgIpc) is 2.39. The Morgan fingerprint density at radius 2 is 1.19 bits per heavy atom. The van der Waals surface area contributed by atoms with E-state index < -0.39 is 11.6 Å². The first kappa shape index (κ1) is 10.0. The van der Waals surface area contributed by atoms with Crippen LogP contribution in [0.3, 0.4) is 0 Å². The van der Waals surface area contributed by atoms with Crippen LogP contribution >= 0.6 is 0 Å². The summed E-state index contributed by atoms with van der Waals surface area (Å²) in [5.74, 6) is -1.48. The molecule has 6 nitrogen and oxygen atoms in total. The first-order valence-electron chi connectivity index (χ1n) is 4.40. The van der Waals surface area contributed by atoms with Crippen molar-refractivity contribution in [1.82, 2.24) is 19.9 Å². The molecule has 0 atom stereocenters. The minimum atomic E-state index is -0.742. The van der Waals surface area contributed by atoms with Gasteiger partial charge in [0.2, 0.25) is 0 Å². The fraction of sp³-hybridized carbons (Fsp3) is 0. The van der Waals surface area contributed by atoms with Crippen LogP contribution in [0.15, 0.2) is 37.2 Å². The summed E-state index contributed by atoms with van der Waals surface area (Å²) in [4.78, 5) is 38.2. The summed E-state index contributed by atoms with van der Waals surface area (Å²) in [5.41, 5.74) is -0.00342. The molecular formula is C10H6N4O2. The molecule has 16 heavy (non-hydrogen) atoms. The van der Waals surface area contributed by atoms with Gasteiger partial charge in [-0.3, -0.25) is 19.6 Å². The van der Waals surface area contributed by atoms with Gasteiger partial charge in [-0.2, -0.15) is 0 Å². The van der Waals surface area contributed by atoms with Gasteiger partial charge in [-0.15, -0.1) is 0 Å². The fourth-order valence-corrected chi connectivity index (χ4v) is 1.07. The van der Waals surface area contributed by atoms with E-state index in [0.717, 1.165) is 0 Å². The van der Waals surface area contributed by atoms with E-state index in [-0.39, 0.29) is 11.4 Å². The highest BCUT2D eigenvalue weighted by Gasteiger charge is 2.20. The Hall–Kier alpha value is -2.50. The molecule has 0 aliphatic heterocycles. The number of aromatic nitrogens is 4. The molecule has 0 bridgehead atoms. The van der Waals surface area contributed by atoms with Crippen LogP contribution in [-0.2, 0) is 0 Å². The van der Waals surface area contributed by atoms with E-state index in [4.69, 9.17) is 0 Å². The second-order valence-electron chi connectivity index (χ2n) is 2.84. The second kappa shape index (κ2) is 4.35. The highest BCUT2D eigenvalue weighted by Crippen LogP contribution is 2.00. The van der Waals surface area contributed by atoms with Gasteiger partial charge in [0.15, 0.2) is 0 Å². The average molecular weight is 214 g/mol. The quantitative estimate of drug-likeness (QED) is 0.540. The van der Waals surface area contributed by atoms with Gasteiger partial charge >= 0.3 is 0 Å². The Labute approximate surface area is 90.4 Å². The Morgan fingerprint density at radius 1 is 0.750 bits per heavy atom. The van der Waals surface area contributed by atoms with Gasteiger partial charge in [0, 0.05) is 24.8 Å². The fourth-order valence-electron chi connectivity index (χ4n) is 1.07. The van der Waals surface area contributed by atoms with Crippen molar-refractivity contribution < 1.29 is 9.59 Å². The lowest BCUT2D eigenvalue weighted by molar-refractivity contribution is 0.0810. The highest BCUT2D eigenvalue weighted by atomic mass is 16.2. The van der Waals surface area contributed by atoms with Gasteiger partial charge in [0.05, 0.1) is 12.4 Å². The normalized spacial score (nSPS) is 9.75. The van der Waals surface area contributed by atoms with E-state index >= 15 is 0 Å². The van der Waals surface area contributed by atoms with Crippen molar-refractivity contribution >= 4 is 11.6 Å². The number of Topliss-reactive ketones (excluding diaryl/α,β-unsaturated/α-hetero) is 2. The monoisotopic (exact) mass is 214 g/mol. The Bertz CT molecular complexity index is 463. The minimum Gasteiger partial charge on any atom is -0.283 e. The molecule has 0 aliphatic rings. The number of hydrogen-bond acceptors (Lipinski definition) is 6. The molecule has 0 saturated heterocycles. The highest BCUT2D eigenvalue weighted by molar-refractivity contribution is 6.48. The lowest BCUT2D eigenvalue weighted by atomic mass is 10.1. The zero-order chi connectivity index (χ0) is 11.4. The van der Waals surface area contributed by atoms with E-state index in [9.17, 15) is 9.59 Å². The van der Waals surface area contributed by atoms with Crippen molar-refractivity contribution in [2.24, 2.45) is 0 Å². The predicted octanol–water partition coefficient (Wildman–Crippen LogP) is 0.332. The summed E-state index contributed by atoms with van der Waals surface area (Å²) in [6, 6.07) is 0. The molecule has 0 radical (unpaired) electrons. The topological polar surface area (TPSA) is 85.7 Å². The first-order valence-corrected chi connectivity index (χ1v) is 4.40. The van der Waals surface area contributed by atoms with Crippen LogP contribution in [0.4, 0.5) is 0 Å².